The first-order valence-corrected chi connectivity index (χ1v) is 5.88. The Bertz CT molecular complexity index is 546. The minimum atomic E-state index is -0.387. The van der Waals surface area contributed by atoms with Crippen LogP contribution in [0.4, 0.5) is 16.0 Å². The van der Waals surface area contributed by atoms with Gasteiger partial charge in [-0.05, 0) is 57.3 Å². The maximum atomic E-state index is 13.0. The summed E-state index contributed by atoms with van der Waals surface area (Å²) in [4.78, 5) is 11.2. The van der Waals surface area contributed by atoms with Crippen molar-refractivity contribution < 1.29 is 4.39 Å². The second-order valence-electron chi connectivity index (χ2n) is 2.95. The van der Waals surface area contributed by atoms with Crippen molar-refractivity contribution in [2.75, 3.05) is 5.32 Å². The molecule has 2 aromatic rings. The molecule has 0 saturated heterocycles. The van der Waals surface area contributed by atoms with E-state index in [1.807, 2.05) is 0 Å². The van der Waals surface area contributed by atoms with E-state index in [0.29, 0.717) is 10.2 Å². The van der Waals surface area contributed by atoms with Gasteiger partial charge in [0.1, 0.15) is 5.82 Å². The Morgan fingerprint density at radius 3 is 2.41 bits per heavy atom. The van der Waals surface area contributed by atoms with Gasteiger partial charge in [0.2, 0.25) is 16.5 Å². The van der Waals surface area contributed by atoms with Crippen LogP contribution in [0.25, 0.3) is 0 Å². The summed E-state index contributed by atoms with van der Waals surface area (Å²) in [5, 5.41) is 2.69. The average Bonchev–Trinajstić information content (AvgIpc) is 2.22. The molecule has 0 aliphatic rings. The number of anilines is 2. The Morgan fingerprint density at radius 2 is 1.76 bits per heavy atom. The van der Waals surface area contributed by atoms with E-state index in [1.165, 1.54) is 12.1 Å². The van der Waals surface area contributed by atoms with Crippen molar-refractivity contribution in [3.8, 4) is 0 Å². The van der Waals surface area contributed by atoms with E-state index < -0.39 is 0 Å². The molecule has 88 valence electrons. The molecule has 0 atom stereocenters. The third kappa shape index (κ3) is 3.24. The molecule has 1 N–H and O–H groups in total. The fraction of sp³-hybridized carbons (Fsp3) is 0. The van der Waals surface area contributed by atoms with Crippen molar-refractivity contribution in [3.05, 3.63) is 39.1 Å². The SMILES string of the molecule is Fc1ccc(Br)c(Nc2nc(Cl)nc(Cl)n2)c1. The van der Waals surface area contributed by atoms with E-state index >= 15 is 0 Å². The van der Waals surface area contributed by atoms with E-state index in [-0.39, 0.29) is 22.3 Å². The Kier molecular flexibility index (Phi) is 3.76. The molecule has 0 bridgehead atoms. The first-order valence-electron chi connectivity index (χ1n) is 4.34. The van der Waals surface area contributed by atoms with Gasteiger partial charge in [0.15, 0.2) is 0 Å². The molecule has 0 aliphatic heterocycles. The molecule has 0 amide bonds. The quantitative estimate of drug-likeness (QED) is 0.905. The molecule has 1 aromatic carbocycles. The van der Waals surface area contributed by atoms with Gasteiger partial charge in [0, 0.05) is 4.47 Å². The average molecular weight is 338 g/mol. The van der Waals surface area contributed by atoms with Crippen molar-refractivity contribution in [2.45, 2.75) is 0 Å². The maximum Gasteiger partial charge on any atom is 0.232 e. The van der Waals surface area contributed by atoms with Crippen molar-refractivity contribution in [1.29, 1.82) is 0 Å². The summed E-state index contributed by atoms with van der Waals surface area (Å²) in [6, 6.07) is 4.17. The lowest BCUT2D eigenvalue weighted by Gasteiger charge is -2.07. The number of aromatic nitrogens is 3. The number of nitrogens with zero attached hydrogens (tertiary/aromatic N) is 3. The molecule has 1 heterocycles. The molecule has 0 saturated carbocycles. The molecule has 8 heteroatoms. The number of halogens is 4. The van der Waals surface area contributed by atoms with E-state index in [2.05, 4.69) is 36.2 Å². The molecule has 1 aromatic heterocycles. The highest BCUT2D eigenvalue weighted by Gasteiger charge is 2.06. The molecule has 2 rings (SSSR count). The molecular weight excluding hydrogens is 334 g/mol. The highest BCUT2D eigenvalue weighted by Crippen LogP contribution is 2.25. The van der Waals surface area contributed by atoms with Crippen LogP contribution in [0.5, 0.6) is 0 Å². The highest BCUT2D eigenvalue weighted by atomic mass is 79.9. The van der Waals surface area contributed by atoms with Gasteiger partial charge in [0.25, 0.3) is 0 Å². The maximum absolute atomic E-state index is 13.0. The van der Waals surface area contributed by atoms with Gasteiger partial charge in [-0.1, -0.05) is 0 Å². The fourth-order valence-electron chi connectivity index (χ4n) is 1.10. The lowest BCUT2D eigenvalue weighted by Crippen LogP contribution is -2.00. The summed E-state index contributed by atoms with van der Waals surface area (Å²) >= 11 is 14.5. The largest absolute Gasteiger partial charge is 0.323 e. The van der Waals surface area contributed by atoms with Crippen LogP contribution in [-0.2, 0) is 0 Å². The molecule has 17 heavy (non-hydrogen) atoms. The van der Waals surface area contributed by atoms with Crippen LogP contribution in [0.3, 0.4) is 0 Å². The van der Waals surface area contributed by atoms with Crippen molar-refractivity contribution in [2.24, 2.45) is 0 Å². The minimum absolute atomic E-state index is 0.0416. The highest BCUT2D eigenvalue weighted by molar-refractivity contribution is 9.10. The second-order valence-corrected chi connectivity index (χ2v) is 4.48. The summed E-state index contributed by atoms with van der Waals surface area (Å²) in [6.07, 6.45) is 0. The van der Waals surface area contributed by atoms with E-state index in [0.717, 1.165) is 0 Å². The molecular formula is C9H4BrCl2FN4. The Labute approximate surface area is 114 Å². The number of benzene rings is 1. The normalized spacial score (nSPS) is 10.4. The van der Waals surface area contributed by atoms with E-state index in [1.54, 1.807) is 6.07 Å². The van der Waals surface area contributed by atoms with Gasteiger partial charge in [-0.2, -0.15) is 15.0 Å². The van der Waals surface area contributed by atoms with Crippen LogP contribution < -0.4 is 5.32 Å². The monoisotopic (exact) mass is 336 g/mol. The Balaban J connectivity index is 2.34. The number of hydrogen-bond donors (Lipinski definition) is 1. The zero-order valence-electron chi connectivity index (χ0n) is 8.09. The van der Waals surface area contributed by atoms with E-state index in [9.17, 15) is 4.39 Å². The lowest BCUT2D eigenvalue weighted by atomic mass is 10.3. The third-order valence-corrected chi connectivity index (χ3v) is 2.79. The molecule has 0 fully saturated rings. The molecule has 4 nitrogen and oxygen atoms in total. The van der Waals surface area contributed by atoms with Crippen molar-refractivity contribution in [1.82, 2.24) is 15.0 Å². The van der Waals surface area contributed by atoms with Crippen LogP contribution >= 0.6 is 39.1 Å². The summed E-state index contributed by atoms with van der Waals surface area (Å²) in [5.41, 5.74) is 0.461. The molecule has 0 unspecified atom stereocenters. The summed E-state index contributed by atoms with van der Waals surface area (Å²) < 4.78 is 13.7. The van der Waals surface area contributed by atoms with Gasteiger partial charge >= 0.3 is 0 Å². The standard InChI is InChI=1S/C9H4BrCl2FN4/c10-5-2-1-4(13)3-6(5)14-9-16-7(11)15-8(12)17-9/h1-3H,(H,14,15,16,17). The number of nitrogens with one attached hydrogen (secondary N) is 1. The summed E-state index contributed by atoms with van der Waals surface area (Å²) in [6.45, 7) is 0. The topological polar surface area (TPSA) is 50.7 Å². The van der Waals surface area contributed by atoms with Gasteiger partial charge in [-0.3, -0.25) is 0 Å². The van der Waals surface area contributed by atoms with Gasteiger partial charge in [-0.25, -0.2) is 4.39 Å². The van der Waals surface area contributed by atoms with E-state index in [4.69, 9.17) is 23.2 Å². The molecule has 0 radical (unpaired) electrons. The van der Waals surface area contributed by atoms with Crippen molar-refractivity contribution >= 4 is 50.8 Å². The predicted molar refractivity (Wildman–Crippen MR) is 67.2 cm³/mol. The number of rotatable bonds is 2. The van der Waals surface area contributed by atoms with Gasteiger partial charge in [0.05, 0.1) is 5.69 Å². The minimum Gasteiger partial charge on any atom is -0.323 e. The zero-order valence-corrected chi connectivity index (χ0v) is 11.2. The number of hydrogen-bond acceptors (Lipinski definition) is 4. The Hall–Kier alpha value is -0.980. The Morgan fingerprint density at radius 1 is 1.12 bits per heavy atom. The van der Waals surface area contributed by atoms with Crippen molar-refractivity contribution in [3.63, 3.8) is 0 Å². The third-order valence-electron chi connectivity index (χ3n) is 1.76. The summed E-state index contributed by atoms with van der Waals surface area (Å²) in [5.74, 6) is -0.247. The van der Waals surface area contributed by atoms with Crippen LogP contribution in [0.15, 0.2) is 22.7 Å². The predicted octanol–water partition coefficient (Wildman–Crippen LogP) is 3.82. The van der Waals surface area contributed by atoms with Crippen LogP contribution in [0, 0.1) is 5.82 Å². The van der Waals surface area contributed by atoms with Gasteiger partial charge in [-0.15, -0.1) is 0 Å². The van der Waals surface area contributed by atoms with Crippen LogP contribution in [-0.4, -0.2) is 15.0 Å². The molecule has 0 spiro atoms. The smallest absolute Gasteiger partial charge is 0.232 e. The fourth-order valence-corrected chi connectivity index (χ4v) is 1.80. The second kappa shape index (κ2) is 5.12. The summed E-state index contributed by atoms with van der Waals surface area (Å²) in [7, 11) is 0. The molecule has 0 aliphatic carbocycles. The first-order chi connectivity index (χ1) is 8.04. The van der Waals surface area contributed by atoms with Crippen LogP contribution in [0.2, 0.25) is 10.6 Å². The zero-order chi connectivity index (χ0) is 12.4. The van der Waals surface area contributed by atoms with Crippen LogP contribution in [0.1, 0.15) is 0 Å². The van der Waals surface area contributed by atoms with Gasteiger partial charge < -0.3 is 5.32 Å². The lowest BCUT2D eigenvalue weighted by molar-refractivity contribution is 0.628. The first kappa shape index (κ1) is 12.5.